The number of hydrogen-bond acceptors (Lipinski definition) is 6. The number of rotatable bonds is 7. The van der Waals surface area contributed by atoms with Gasteiger partial charge in [-0.15, -0.1) is 0 Å². The third kappa shape index (κ3) is 5.06. The van der Waals surface area contributed by atoms with Crippen molar-refractivity contribution in [2.75, 3.05) is 51.4 Å². The molecule has 1 amide bonds. The quantitative estimate of drug-likeness (QED) is 0.679. The van der Waals surface area contributed by atoms with Crippen LogP contribution in [0, 0.1) is 0 Å². The van der Waals surface area contributed by atoms with Crippen LogP contribution in [0.2, 0.25) is 0 Å². The highest BCUT2D eigenvalue weighted by Gasteiger charge is 2.26. The van der Waals surface area contributed by atoms with Crippen molar-refractivity contribution in [3.63, 3.8) is 0 Å². The van der Waals surface area contributed by atoms with Crippen LogP contribution in [0.5, 0.6) is 5.75 Å². The summed E-state index contributed by atoms with van der Waals surface area (Å²) in [4.78, 5) is 14.9. The molecule has 2 heterocycles. The first-order valence-corrected chi connectivity index (χ1v) is 12.3. The predicted octanol–water partition coefficient (Wildman–Crippen LogP) is 1.79. The van der Waals surface area contributed by atoms with E-state index in [0.717, 1.165) is 36.4 Å². The number of methoxy groups -OCH3 is 1. The molecule has 0 aliphatic carbocycles. The molecule has 0 spiro atoms. The van der Waals surface area contributed by atoms with Gasteiger partial charge in [-0.2, -0.15) is 4.31 Å². The predicted molar refractivity (Wildman–Crippen MR) is 121 cm³/mol. The molecule has 0 saturated carbocycles. The van der Waals surface area contributed by atoms with Crippen molar-refractivity contribution in [2.24, 2.45) is 0 Å². The molecule has 32 heavy (non-hydrogen) atoms. The number of morpholine rings is 1. The Labute approximate surface area is 189 Å². The van der Waals surface area contributed by atoms with Crippen LogP contribution < -0.4 is 15.0 Å². The molecule has 172 valence electrons. The number of carbonyl (C=O) groups is 1. The van der Waals surface area contributed by atoms with Gasteiger partial charge in [0.15, 0.2) is 0 Å². The Balaban J connectivity index is 1.33. The van der Waals surface area contributed by atoms with Crippen LogP contribution in [-0.2, 0) is 32.5 Å². The Morgan fingerprint density at radius 3 is 2.56 bits per heavy atom. The number of nitrogens with one attached hydrogen (secondary N) is 1. The molecular weight excluding hydrogens is 430 g/mol. The smallest absolute Gasteiger partial charge is 0.243 e. The van der Waals surface area contributed by atoms with E-state index in [1.807, 2.05) is 18.2 Å². The van der Waals surface area contributed by atoms with Crippen LogP contribution in [0.1, 0.15) is 17.5 Å². The molecule has 8 nitrogen and oxygen atoms in total. The molecule has 0 atom stereocenters. The number of sulfonamides is 1. The molecule has 2 aromatic carbocycles. The molecule has 0 aromatic heterocycles. The number of anilines is 1. The van der Waals surface area contributed by atoms with E-state index in [-0.39, 0.29) is 17.3 Å². The highest BCUT2D eigenvalue weighted by atomic mass is 32.2. The minimum absolute atomic E-state index is 0.0707. The van der Waals surface area contributed by atoms with Gasteiger partial charge in [0.05, 0.1) is 31.8 Å². The number of aryl methyl sites for hydroxylation is 1. The number of benzene rings is 2. The van der Waals surface area contributed by atoms with Crippen LogP contribution in [-0.4, -0.2) is 65.1 Å². The molecule has 1 saturated heterocycles. The van der Waals surface area contributed by atoms with Gasteiger partial charge in [-0.1, -0.05) is 12.1 Å². The van der Waals surface area contributed by atoms with Crippen LogP contribution in [0.15, 0.2) is 47.4 Å². The number of hydrogen-bond donors (Lipinski definition) is 1. The lowest BCUT2D eigenvalue weighted by molar-refractivity contribution is -0.119. The number of amides is 1. The van der Waals surface area contributed by atoms with E-state index in [4.69, 9.17) is 9.47 Å². The maximum absolute atomic E-state index is 12.7. The van der Waals surface area contributed by atoms with Crippen molar-refractivity contribution in [3.8, 4) is 5.75 Å². The van der Waals surface area contributed by atoms with E-state index in [1.165, 1.54) is 9.87 Å². The summed E-state index contributed by atoms with van der Waals surface area (Å²) in [7, 11) is -1.86. The summed E-state index contributed by atoms with van der Waals surface area (Å²) < 4.78 is 37.4. The van der Waals surface area contributed by atoms with E-state index < -0.39 is 10.0 Å². The molecule has 0 bridgehead atoms. The summed E-state index contributed by atoms with van der Waals surface area (Å²) >= 11 is 0. The summed E-state index contributed by atoms with van der Waals surface area (Å²) in [5.41, 5.74) is 3.12. The van der Waals surface area contributed by atoms with Crippen molar-refractivity contribution in [1.82, 2.24) is 9.62 Å². The summed E-state index contributed by atoms with van der Waals surface area (Å²) in [6, 6.07) is 12.6. The number of carbonyl (C=O) groups excluding carboxylic acids is 1. The number of nitrogens with zero attached hydrogens (tertiary/aromatic N) is 2. The van der Waals surface area contributed by atoms with Gasteiger partial charge >= 0.3 is 0 Å². The molecule has 4 rings (SSSR count). The Morgan fingerprint density at radius 1 is 1.09 bits per heavy atom. The minimum atomic E-state index is -3.51. The third-order valence-electron chi connectivity index (χ3n) is 5.86. The Hall–Kier alpha value is -2.62. The fourth-order valence-electron chi connectivity index (χ4n) is 4.09. The number of ether oxygens (including phenoxy) is 2. The molecule has 2 aliphatic rings. The maximum atomic E-state index is 12.7. The topological polar surface area (TPSA) is 88.2 Å². The maximum Gasteiger partial charge on any atom is 0.243 e. The fourth-order valence-corrected chi connectivity index (χ4v) is 5.50. The minimum Gasteiger partial charge on any atom is -0.497 e. The van der Waals surface area contributed by atoms with E-state index >= 15 is 0 Å². The van der Waals surface area contributed by atoms with Crippen LogP contribution in [0.4, 0.5) is 5.69 Å². The van der Waals surface area contributed by atoms with Gasteiger partial charge < -0.3 is 19.7 Å². The van der Waals surface area contributed by atoms with E-state index in [2.05, 4.69) is 10.2 Å². The van der Waals surface area contributed by atoms with Crippen molar-refractivity contribution < 1.29 is 22.7 Å². The normalized spacial score (nSPS) is 17.0. The lowest BCUT2D eigenvalue weighted by atomic mass is 10.0. The monoisotopic (exact) mass is 459 g/mol. The third-order valence-corrected chi connectivity index (χ3v) is 7.77. The van der Waals surface area contributed by atoms with Crippen molar-refractivity contribution in [3.05, 3.63) is 53.6 Å². The molecule has 1 N–H and O–H groups in total. The molecule has 0 unspecified atom stereocenters. The van der Waals surface area contributed by atoms with Crippen molar-refractivity contribution >= 4 is 21.6 Å². The van der Waals surface area contributed by atoms with Crippen molar-refractivity contribution in [2.45, 2.75) is 24.3 Å². The zero-order valence-corrected chi connectivity index (χ0v) is 19.1. The SMILES string of the molecule is COc1ccc2c(c1)CCCN2CC(=O)NCc1ccc(S(=O)(=O)N2CCOCC2)cc1. The fraction of sp³-hybridized carbons (Fsp3) is 0.435. The second-order valence-electron chi connectivity index (χ2n) is 7.96. The van der Waals surface area contributed by atoms with Gasteiger partial charge in [-0.3, -0.25) is 4.79 Å². The van der Waals surface area contributed by atoms with Crippen LogP contribution in [0.25, 0.3) is 0 Å². The Morgan fingerprint density at radius 2 is 1.84 bits per heavy atom. The molecule has 1 fully saturated rings. The lowest BCUT2D eigenvalue weighted by Crippen LogP contribution is -2.40. The average molecular weight is 460 g/mol. The highest BCUT2D eigenvalue weighted by Crippen LogP contribution is 2.30. The lowest BCUT2D eigenvalue weighted by Gasteiger charge is -2.31. The van der Waals surface area contributed by atoms with E-state index in [0.29, 0.717) is 32.8 Å². The summed E-state index contributed by atoms with van der Waals surface area (Å²) in [5, 5.41) is 2.94. The summed E-state index contributed by atoms with van der Waals surface area (Å²) in [5.74, 6) is 0.757. The standard InChI is InChI=1S/C23H29N3O5S/c1-30-20-6-9-22-19(15-20)3-2-10-25(22)17-23(27)24-16-18-4-7-21(8-5-18)32(28,29)26-11-13-31-14-12-26/h4-9,15H,2-3,10-14,16-17H2,1H3,(H,24,27). The van der Waals surface area contributed by atoms with Gasteiger partial charge in [0, 0.05) is 31.9 Å². The summed E-state index contributed by atoms with van der Waals surface area (Å²) in [6.45, 7) is 3.03. The highest BCUT2D eigenvalue weighted by molar-refractivity contribution is 7.89. The van der Waals surface area contributed by atoms with Gasteiger partial charge in [0.1, 0.15) is 5.75 Å². The van der Waals surface area contributed by atoms with Crippen molar-refractivity contribution in [1.29, 1.82) is 0 Å². The number of fused-ring (bicyclic) bond motifs is 1. The van der Waals surface area contributed by atoms with Gasteiger partial charge in [-0.05, 0) is 54.3 Å². The largest absolute Gasteiger partial charge is 0.497 e. The van der Waals surface area contributed by atoms with Gasteiger partial charge in [0.25, 0.3) is 0 Å². The van der Waals surface area contributed by atoms with Gasteiger partial charge in [0.2, 0.25) is 15.9 Å². The Kier molecular flexibility index (Phi) is 6.98. The first kappa shape index (κ1) is 22.6. The van der Waals surface area contributed by atoms with Gasteiger partial charge in [-0.25, -0.2) is 8.42 Å². The van der Waals surface area contributed by atoms with E-state index in [9.17, 15) is 13.2 Å². The first-order valence-electron chi connectivity index (χ1n) is 10.8. The average Bonchev–Trinajstić information content (AvgIpc) is 2.83. The molecule has 2 aromatic rings. The first-order chi connectivity index (χ1) is 15.5. The Bertz CT molecular complexity index is 1050. The molecular formula is C23H29N3O5S. The molecule has 2 aliphatic heterocycles. The summed E-state index contributed by atoms with van der Waals surface area (Å²) in [6.07, 6.45) is 1.97. The molecule has 0 radical (unpaired) electrons. The zero-order chi connectivity index (χ0) is 22.6. The van der Waals surface area contributed by atoms with Crippen LogP contribution in [0.3, 0.4) is 0 Å². The molecule has 9 heteroatoms. The van der Waals surface area contributed by atoms with E-state index in [1.54, 1.807) is 31.4 Å². The second kappa shape index (κ2) is 9.89. The second-order valence-corrected chi connectivity index (χ2v) is 9.89. The zero-order valence-electron chi connectivity index (χ0n) is 18.2. The van der Waals surface area contributed by atoms with Crippen LogP contribution >= 0.6 is 0 Å².